The van der Waals surface area contributed by atoms with E-state index >= 15 is 0 Å². The van der Waals surface area contributed by atoms with Gasteiger partial charge in [0.1, 0.15) is 0 Å². The number of nitrogens with one attached hydrogen (secondary N) is 1. The van der Waals surface area contributed by atoms with Gasteiger partial charge in [-0.2, -0.15) is 0 Å². The molecule has 1 aliphatic heterocycles. The molecule has 0 aromatic carbocycles. The van der Waals surface area contributed by atoms with Gasteiger partial charge in [-0.15, -0.1) is 0 Å². The predicted octanol–water partition coefficient (Wildman–Crippen LogP) is 0.785. The lowest BCUT2D eigenvalue weighted by Crippen LogP contribution is -2.41. The van der Waals surface area contributed by atoms with Crippen molar-refractivity contribution >= 4 is 5.91 Å². The zero-order chi connectivity index (χ0) is 12.8. The Morgan fingerprint density at radius 3 is 2.65 bits per heavy atom. The Balaban J connectivity index is 2.46. The summed E-state index contributed by atoms with van der Waals surface area (Å²) in [6, 6.07) is 0.565. The van der Waals surface area contributed by atoms with E-state index in [4.69, 9.17) is 0 Å². The molecule has 1 N–H and O–H groups in total. The Morgan fingerprint density at radius 1 is 1.47 bits per heavy atom. The second kappa shape index (κ2) is 6.97. The lowest BCUT2D eigenvalue weighted by atomic mass is 10.1. The standard InChI is InChI=1S/C13H27N3O/c1-5-15(6-2)12-7-8-16(10-12)13(17)11(3)9-14-4/h11-12,14H,5-10H2,1-4H3. The number of amides is 1. The normalized spacial score (nSPS) is 22.2. The van der Waals surface area contributed by atoms with Gasteiger partial charge < -0.3 is 10.2 Å². The quantitative estimate of drug-likeness (QED) is 0.746. The van der Waals surface area contributed by atoms with Gasteiger partial charge in [0, 0.05) is 31.6 Å². The molecule has 1 rings (SSSR count). The molecular weight excluding hydrogens is 214 g/mol. The number of nitrogens with zero attached hydrogens (tertiary/aromatic N) is 2. The van der Waals surface area contributed by atoms with Crippen LogP contribution in [0.15, 0.2) is 0 Å². The molecule has 1 fully saturated rings. The maximum absolute atomic E-state index is 12.1. The first-order valence-electron chi connectivity index (χ1n) is 6.81. The summed E-state index contributed by atoms with van der Waals surface area (Å²) >= 11 is 0. The first kappa shape index (κ1) is 14.5. The van der Waals surface area contributed by atoms with Crippen LogP contribution in [0.1, 0.15) is 27.2 Å². The number of hydrogen-bond donors (Lipinski definition) is 1. The zero-order valence-electron chi connectivity index (χ0n) is 11.7. The van der Waals surface area contributed by atoms with Gasteiger partial charge in [0.05, 0.1) is 0 Å². The van der Waals surface area contributed by atoms with Crippen molar-refractivity contribution < 1.29 is 4.79 Å². The highest BCUT2D eigenvalue weighted by molar-refractivity contribution is 5.79. The van der Waals surface area contributed by atoms with E-state index in [2.05, 4.69) is 24.1 Å². The number of carbonyl (C=O) groups excluding carboxylic acids is 1. The van der Waals surface area contributed by atoms with E-state index in [0.29, 0.717) is 11.9 Å². The first-order valence-corrected chi connectivity index (χ1v) is 6.81. The monoisotopic (exact) mass is 241 g/mol. The molecule has 0 bridgehead atoms. The molecule has 17 heavy (non-hydrogen) atoms. The average molecular weight is 241 g/mol. The number of hydrogen-bond acceptors (Lipinski definition) is 3. The van der Waals surface area contributed by atoms with E-state index < -0.39 is 0 Å². The topological polar surface area (TPSA) is 35.6 Å². The predicted molar refractivity (Wildman–Crippen MR) is 71.0 cm³/mol. The molecule has 1 saturated heterocycles. The lowest BCUT2D eigenvalue weighted by molar-refractivity contribution is -0.133. The van der Waals surface area contributed by atoms with Crippen molar-refractivity contribution in [2.75, 3.05) is 39.8 Å². The van der Waals surface area contributed by atoms with Gasteiger partial charge in [-0.25, -0.2) is 0 Å². The van der Waals surface area contributed by atoms with E-state index in [9.17, 15) is 4.79 Å². The van der Waals surface area contributed by atoms with Gasteiger partial charge in [-0.3, -0.25) is 9.69 Å². The first-order chi connectivity index (χ1) is 8.13. The maximum atomic E-state index is 12.1. The van der Waals surface area contributed by atoms with Crippen LogP contribution < -0.4 is 5.32 Å². The average Bonchev–Trinajstić information content (AvgIpc) is 2.79. The Kier molecular flexibility index (Phi) is 5.92. The third kappa shape index (κ3) is 3.68. The summed E-state index contributed by atoms with van der Waals surface area (Å²) in [5, 5.41) is 3.07. The molecule has 1 aliphatic rings. The van der Waals surface area contributed by atoms with E-state index in [1.54, 1.807) is 0 Å². The Bertz CT molecular complexity index is 241. The SMILES string of the molecule is CCN(CC)C1CCN(C(=O)C(C)CNC)C1. The Hall–Kier alpha value is -0.610. The largest absolute Gasteiger partial charge is 0.341 e. The van der Waals surface area contributed by atoms with Crippen LogP contribution in [0.25, 0.3) is 0 Å². The molecule has 1 heterocycles. The molecule has 0 radical (unpaired) electrons. The van der Waals surface area contributed by atoms with Crippen molar-refractivity contribution in [2.24, 2.45) is 5.92 Å². The highest BCUT2D eigenvalue weighted by Gasteiger charge is 2.30. The maximum Gasteiger partial charge on any atom is 0.226 e. The Labute approximate surface area is 105 Å². The molecule has 0 spiro atoms. The fourth-order valence-electron chi connectivity index (χ4n) is 2.69. The minimum atomic E-state index is 0.0930. The van der Waals surface area contributed by atoms with Crippen LogP contribution in [0.4, 0.5) is 0 Å². The highest BCUT2D eigenvalue weighted by Crippen LogP contribution is 2.17. The number of rotatable bonds is 6. The highest BCUT2D eigenvalue weighted by atomic mass is 16.2. The van der Waals surface area contributed by atoms with Crippen molar-refractivity contribution in [2.45, 2.75) is 33.2 Å². The molecule has 100 valence electrons. The molecule has 2 atom stereocenters. The van der Waals surface area contributed by atoms with E-state index in [0.717, 1.165) is 39.1 Å². The molecule has 0 aromatic rings. The van der Waals surface area contributed by atoms with Crippen LogP contribution in [-0.2, 0) is 4.79 Å². The van der Waals surface area contributed by atoms with Gasteiger partial charge in [0.25, 0.3) is 0 Å². The zero-order valence-corrected chi connectivity index (χ0v) is 11.7. The summed E-state index contributed by atoms with van der Waals surface area (Å²) in [6.07, 6.45) is 1.12. The molecule has 0 aliphatic carbocycles. The van der Waals surface area contributed by atoms with Gasteiger partial charge in [0.15, 0.2) is 0 Å². The minimum absolute atomic E-state index is 0.0930. The van der Waals surface area contributed by atoms with Crippen LogP contribution in [0.3, 0.4) is 0 Å². The molecule has 4 nitrogen and oxygen atoms in total. The van der Waals surface area contributed by atoms with E-state index in [1.165, 1.54) is 0 Å². The summed E-state index contributed by atoms with van der Waals surface area (Å²) in [5.41, 5.74) is 0. The number of carbonyl (C=O) groups is 1. The van der Waals surface area contributed by atoms with Gasteiger partial charge >= 0.3 is 0 Å². The van der Waals surface area contributed by atoms with Crippen molar-refractivity contribution in [1.82, 2.24) is 15.1 Å². The molecule has 4 heteroatoms. The van der Waals surface area contributed by atoms with Crippen molar-refractivity contribution in [3.05, 3.63) is 0 Å². The van der Waals surface area contributed by atoms with Gasteiger partial charge in [-0.1, -0.05) is 20.8 Å². The van der Waals surface area contributed by atoms with Gasteiger partial charge in [-0.05, 0) is 26.6 Å². The van der Waals surface area contributed by atoms with Crippen molar-refractivity contribution in [3.63, 3.8) is 0 Å². The summed E-state index contributed by atoms with van der Waals surface area (Å²) < 4.78 is 0. The van der Waals surface area contributed by atoms with E-state index in [-0.39, 0.29) is 5.92 Å². The fraction of sp³-hybridized carbons (Fsp3) is 0.923. The Morgan fingerprint density at radius 2 is 2.12 bits per heavy atom. The second-order valence-corrected chi connectivity index (χ2v) is 4.91. The third-order valence-corrected chi connectivity index (χ3v) is 3.74. The lowest BCUT2D eigenvalue weighted by Gasteiger charge is -2.26. The number of likely N-dealkylation sites (N-methyl/N-ethyl adjacent to an activating group) is 1. The molecule has 1 amide bonds. The molecular formula is C13H27N3O. The van der Waals surface area contributed by atoms with Crippen LogP contribution in [0, 0.1) is 5.92 Å². The van der Waals surface area contributed by atoms with Crippen LogP contribution in [-0.4, -0.2) is 61.5 Å². The van der Waals surface area contributed by atoms with Crippen LogP contribution in [0.2, 0.25) is 0 Å². The fourth-order valence-corrected chi connectivity index (χ4v) is 2.69. The van der Waals surface area contributed by atoms with Crippen molar-refractivity contribution in [3.8, 4) is 0 Å². The van der Waals surface area contributed by atoms with Gasteiger partial charge in [0.2, 0.25) is 5.91 Å². The summed E-state index contributed by atoms with van der Waals surface area (Å²) in [7, 11) is 1.90. The third-order valence-electron chi connectivity index (χ3n) is 3.74. The summed E-state index contributed by atoms with van der Waals surface area (Å²) in [4.78, 5) is 16.6. The molecule has 0 aromatic heterocycles. The van der Waals surface area contributed by atoms with Crippen LogP contribution >= 0.6 is 0 Å². The molecule has 2 unspecified atom stereocenters. The second-order valence-electron chi connectivity index (χ2n) is 4.91. The summed E-state index contributed by atoms with van der Waals surface area (Å²) in [5.74, 6) is 0.393. The molecule has 0 saturated carbocycles. The van der Waals surface area contributed by atoms with Crippen LogP contribution in [0.5, 0.6) is 0 Å². The number of likely N-dealkylation sites (tertiary alicyclic amines) is 1. The van der Waals surface area contributed by atoms with E-state index in [1.807, 2.05) is 18.9 Å². The smallest absolute Gasteiger partial charge is 0.226 e. The summed E-state index contributed by atoms with van der Waals surface area (Å²) in [6.45, 7) is 11.2. The minimum Gasteiger partial charge on any atom is -0.341 e. The van der Waals surface area contributed by atoms with Crippen molar-refractivity contribution in [1.29, 1.82) is 0 Å².